The molecule has 0 saturated carbocycles. The Kier molecular flexibility index (Phi) is 5.13. The number of anilines is 1. The van der Waals surface area contributed by atoms with Crippen LogP contribution < -0.4 is 10.6 Å². The minimum atomic E-state index is -1.16. The molecule has 23 heavy (non-hydrogen) atoms. The van der Waals surface area contributed by atoms with Crippen LogP contribution in [0.4, 0.5) is 14.5 Å². The van der Waals surface area contributed by atoms with E-state index in [-0.39, 0.29) is 17.0 Å². The van der Waals surface area contributed by atoms with E-state index in [1.54, 1.807) is 0 Å². The Balaban J connectivity index is 1.94. The van der Waals surface area contributed by atoms with Crippen molar-refractivity contribution in [2.24, 2.45) is 0 Å². The summed E-state index contributed by atoms with van der Waals surface area (Å²) in [7, 11) is 0. The lowest BCUT2D eigenvalue weighted by atomic mass is 10.2. The highest BCUT2D eigenvalue weighted by molar-refractivity contribution is 6.31. The van der Waals surface area contributed by atoms with E-state index in [0.717, 1.165) is 18.2 Å². The highest BCUT2D eigenvalue weighted by Crippen LogP contribution is 2.26. The van der Waals surface area contributed by atoms with Gasteiger partial charge in [-0.1, -0.05) is 11.6 Å². The van der Waals surface area contributed by atoms with Gasteiger partial charge in [-0.3, -0.25) is 9.59 Å². The van der Waals surface area contributed by atoms with Crippen molar-refractivity contribution in [3.05, 3.63) is 58.6 Å². The average molecular weight is 341 g/mol. The van der Waals surface area contributed by atoms with E-state index >= 15 is 0 Å². The Labute approximate surface area is 134 Å². The van der Waals surface area contributed by atoms with Crippen LogP contribution in [0.2, 0.25) is 5.02 Å². The van der Waals surface area contributed by atoms with E-state index in [1.807, 2.05) is 0 Å². The number of nitrogens with one attached hydrogen (secondary N) is 2. The van der Waals surface area contributed by atoms with Crippen molar-refractivity contribution in [1.29, 1.82) is 0 Å². The first-order valence-electron chi connectivity index (χ1n) is 6.38. The van der Waals surface area contributed by atoms with Gasteiger partial charge in [-0.25, -0.2) is 8.78 Å². The first-order valence-corrected chi connectivity index (χ1v) is 6.76. The molecule has 120 valence electrons. The fourth-order valence-corrected chi connectivity index (χ4v) is 1.87. The Morgan fingerprint density at radius 2 is 1.83 bits per heavy atom. The van der Waals surface area contributed by atoms with Gasteiger partial charge in [-0.15, -0.1) is 0 Å². The number of carbonyl (C=O) groups excluding carboxylic acids is 2. The molecule has 0 heterocycles. The summed E-state index contributed by atoms with van der Waals surface area (Å²) in [6.07, 6.45) is 0. The molecule has 0 aliphatic heterocycles. The molecule has 2 aromatic carbocycles. The number of carbonyl (C=O) groups is 2. The van der Waals surface area contributed by atoms with Gasteiger partial charge in [-0.2, -0.15) is 0 Å². The van der Waals surface area contributed by atoms with Crippen LogP contribution in [0.1, 0.15) is 10.4 Å². The third-order valence-electron chi connectivity index (χ3n) is 2.82. The van der Waals surface area contributed by atoms with Crippen molar-refractivity contribution in [2.45, 2.75) is 0 Å². The number of hydrogen-bond acceptors (Lipinski definition) is 3. The topological polar surface area (TPSA) is 78.4 Å². The summed E-state index contributed by atoms with van der Waals surface area (Å²) in [4.78, 5) is 23.5. The molecule has 0 fully saturated rings. The number of phenols is 1. The van der Waals surface area contributed by atoms with Gasteiger partial charge in [0.15, 0.2) is 11.6 Å². The Hall–Kier alpha value is -2.67. The third kappa shape index (κ3) is 4.40. The summed E-state index contributed by atoms with van der Waals surface area (Å²) in [5, 5.41) is 14.5. The highest BCUT2D eigenvalue weighted by atomic mass is 35.5. The summed E-state index contributed by atoms with van der Waals surface area (Å²) < 4.78 is 25.8. The lowest BCUT2D eigenvalue weighted by molar-refractivity contribution is -0.115. The maximum atomic E-state index is 13.0. The number of hydrogen-bond donors (Lipinski definition) is 3. The zero-order chi connectivity index (χ0) is 17.0. The number of halogens is 3. The van der Waals surface area contributed by atoms with E-state index in [1.165, 1.54) is 18.2 Å². The standard InChI is InChI=1S/C15H11ClF2N2O3/c16-9-2-4-13(21)12(6-9)20-14(22)7-19-15(23)8-1-3-10(17)11(18)5-8/h1-6,21H,7H2,(H,19,23)(H,20,22). The van der Waals surface area contributed by atoms with Crippen molar-refractivity contribution >= 4 is 29.1 Å². The Morgan fingerprint density at radius 3 is 2.52 bits per heavy atom. The molecule has 0 saturated heterocycles. The Bertz CT molecular complexity index is 768. The summed E-state index contributed by atoms with van der Waals surface area (Å²) in [5.41, 5.74) is -0.0353. The number of amides is 2. The lowest BCUT2D eigenvalue weighted by Crippen LogP contribution is -2.32. The molecule has 2 rings (SSSR count). The molecule has 0 atom stereocenters. The van der Waals surface area contributed by atoms with Crippen LogP contribution in [-0.4, -0.2) is 23.5 Å². The van der Waals surface area contributed by atoms with Crippen molar-refractivity contribution in [3.8, 4) is 5.75 Å². The van der Waals surface area contributed by atoms with Crippen LogP contribution in [0.15, 0.2) is 36.4 Å². The molecule has 8 heteroatoms. The number of rotatable bonds is 4. The number of aromatic hydroxyl groups is 1. The van der Waals surface area contributed by atoms with Crippen LogP contribution in [-0.2, 0) is 4.79 Å². The lowest BCUT2D eigenvalue weighted by Gasteiger charge is -2.09. The molecule has 5 nitrogen and oxygen atoms in total. The molecule has 0 aliphatic carbocycles. The van der Waals surface area contributed by atoms with Gasteiger partial charge in [0.25, 0.3) is 5.91 Å². The summed E-state index contributed by atoms with van der Waals surface area (Å²) in [6.45, 7) is -0.427. The van der Waals surface area contributed by atoms with Crippen LogP contribution in [0.25, 0.3) is 0 Å². The first-order chi connectivity index (χ1) is 10.9. The average Bonchev–Trinajstić information content (AvgIpc) is 2.51. The minimum Gasteiger partial charge on any atom is -0.506 e. The fraction of sp³-hybridized carbons (Fsp3) is 0.0667. The third-order valence-corrected chi connectivity index (χ3v) is 3.06. The zero-order valence-electron chi connectivity index (χ0n) is 11.6. The van der Waals surface area contributed by atoms with Crippen molar-refractivity contribution in [2.75, 3.05) is 11.9 Å². The predicted molar refractivity (Wildman–Crippen MR) is 80.4 cm³/mol. The van der Waals surface area contributed by atoms with E-state index in [2.05, 4.69) is 10.6 Å². The molecule has 2 amide bonds. The predicted octanol–water partition coefficient (Wildman–Crippen LogP) is 2.69. The van der Waals surface area contributed by atoms with Crippen LogP contribution in [0, 0.1) is 11.6 Å². The molecular formula is C15H11ClF2N2O3. The molecule has 0 bridgehead atoms. The van der Waals surface area contributed by atoms with E-state index in [4.69, 9.17) is 11.6 Å². The normalized spacial score (nSPS) is 10.2. The number of benzene rings is 2. The van der Waals surface area contributed by atoms with Gasteiger partial charge < -0.3 is 15.7 Å². The quantitative estimate of drug-likeness (QED) is 0.749. The molecule has 0 aliphatic rings. The molecular weight excluding hydrogens is 330 g/mol. The van der Waals surface area contributed by atoms with E-state index in [9.17, 15) is 23.5 Å². The van der Waals surface area contributed by atoms with Gasteiger partial charge in [0.2, 0.25) is 5.91 Å². The Morgan fingerprint density at radius 1 is 1.09 bits per heavy atom. The fourth-order valence-electron chi connectivity index (χ4n) is 1.70. The van der Waals surface area contributed by atoms with E-state index < -0.39 is 30.0 Å². The maximum Gasteiger partial charge on any atom is 0.251 e. The smallest absolute Gasteiger partial charge is 0.251 e. The van der Waals surface area contributed by atoms with Gasteiger partial charge in [-0.05, 0) is 36.4 Å². The second-order valence-corrected chi connectivity index (χ2v) is 4.96. The maximum absolute atomic E-state index is 13.0. The molecule has 3 N–H and O–H groups in total. The van der Waals surface area contributed by atoms with Crippen molar-refractivity contribution in [3.63, 3.8) is 0 Å². The van der Waals surface area contributed by atoms with Gasteiger partial charge in [0.1, 0.15) is 5.75 Å². The van der Waals surface area contributed by atoms with Crippen molar-refractivity contribution in [1.82, 2.24) is 5.32 Å². The van der Waals surface area contributed by atoms with Gasteiger partial charge in [0.05, 0.1) is 12.2 Å². The minimum absolute atomic E-state index is 0.0876. The first kappa shape index (κ1) is 16.7. The second-order valence-electron chi connectivity index (χ2n) is 4.52. The summed E-state index contributed by atoms with van der Waals surface area (Å²) in [5.74, 6) is -3.79. The summed E-state index contributed by atoms with van der Waals surface area (Å²) >= 11 is 5.74. The van der Waals surface area contributed by atoms with Gasteiger partial charge in [0, 0.05) is 10.6 Å². The zero-order valence-corrected chi connectivity index (χ0v) is 12.3. The van der Waals surface area contributed by atoms with Crippen LogP contribution >= 0.6 is 11.6 Å². The number of phenolic OH excluding ortho intramolecular Hbond substituents is 1. The van der Waals surface area contributed by atoms with Crippen LogP contribution in [0.5, 0.6) is 5.75 Å². The SMILES string of the molecule is O=C(CNC(=O)c1ccc(F)c(F)c1)Nc1cc(Cl)ccc1O. The molecule has 2 aromatic rings. The molecule has 0 spiro atoms. The van der Waals surface area contributed by atoms with E-state index in [0.29, 0.717) is 5.02 Å². The molecule has 0 aromatic heterocycles. The van der Waals surface area contributed by atoms with Gasteiger partial charge >= 0.3 is 0 Å². The highest BCUT2D eigenvalue weighted by Gasteiger charge is 2.12. The largest absolute Gasteiger partial charge is 0.506 e. The molecule has 0 unspecified atom stereocenters. The van der Waals surface area contributed by atoms with Crippen molar-refractivity contribution < 1.29 is 23.5 Å². The van der Waals surface area contributed by atoms with Crippen LogP contribution in [0.3, 0.4) is 0 Å². The summed E-state index contributed by atoms with van der Waals surface area (Å²) in [6, 6.07) is 6.72. The molecule has 0 radical (unpaired) electrons. The second kappa shape index (κ2) is 7.06. The monoisotopic (exact) mass is 340 g/mol.